The number of esters is 1. The van der Waals surface area contributed by atoms with Gasteiger partial charge >= 0.3 is 5.97 Å². The summed E-state index contributed by atoms with van der Waals surface area (Å²) in [4.78, 5) is 11.2. The lowest BCUT2D eigenvalue weighted by atomic mass is 10.3. The predicted octanol–water partition coefficient (Wildman–Crippen LogP) is 2.16. The fraction of sp³-hybridized carbons (Fsp3) is 0.636. The quantitative estimate of drug-likeness (QED) is 0.213. The molecule has 0 aliphatic carbocycles. The van der Waals surface area contributed by atoms with Crippen LogP contribution in [0.3, 0.4) is 0 Å². The van der Waals surface area contributed by atoms with Crippen LogP contribution < -0.4 is 0 Å². The Bertz CT molecular complexity index is 255. The average molecular weight is 211 g/mol. The van der Waals surface area contributed by atoms with E-state index in [1.165, 1.54) is 0 Å². The van der Waals surface area contributed by atoms with Crippen LogP contribution in [0.15, 0.2) is 12.2 Å². The van der Waals surface area contributed by atoms with Crippen molar-refractivity contribution in [1.82, 2.24) is 0 Å². The molecule has 15 heavy (non-hydrogen) atoms. The van der Waals surface area contributed by atoms with Crippen LogP contribution in [0.5, 0.6) is 0 Å². The van der Waals surface area contributed by atoms with Crippen LogP contribution in [0.1, 0.15) is 33.1 Å². The monoisotopic (exact) mass is 211 g/mol. The lowest BCUT2D eigenvalue weighted by molar-refractivity contribution is -0.174. The van der Waals surface area contributed by atoms with Crippen molar-refractivity contribution in [1.29, 1.82) is 5.26 Å². The molecule has 0 aromatic carbocycles. The van der Waals surface area contributed by atoms with E-state index < -0.39 is 12.3 Å². The van der Waals surface area contributed by atoms with E-state index in [0.717, 1.165) is 12.8 Å². The third kappa shape index (κ3) is 5.87. The number of carbonyl (C=O) groups excluding carboxylic acids is 1. The Kier molecular flexibility index (Phi) is 7.29. The first-order valence-electron chi connectivity index (χ1n) is 5.07. The maximum absolute atomic E-state index is 11.2. The molecule has 0 fully saturated rings. The molecule has 0 amide bonds. The van der Waals surface area contributed by atoms with Crippen molar-refractivity contribution in [3.05, 3.63) is 12.2 Å². The summed E-state index contributed by atoms with van der Waals surface area (Å²) in [5.41, 5.74) is -0.201. The van der Waals surface area contributed by atoms with Crippen molar-refractivity contribution < 1.29 is 14.3 Å². The number of hydrogen-bond donors (Lipinski definition) is 0. The van der Waals surface area contributed by atoms with E-state index in [-0.39, 0.29) is 5.57 Å². The first-order chi connectivity index (χ1) is 7.15. The zero-order valence-electron chi connectivity index (χ0n) is 9.28. The Morgan fingerprint density at radius 3 is 2.67 bits per heavy atom. The number of ether oxygens (including phenoxy) is 2. The van der Waals surface area contributed by atoms with Gasteiger partial charge in [-0.25, -0.2) is 4.79 Å². The molecule has 1 atom stereocenters. The smallest absolute Gasteiger partial charge is 0.350 e. The second-order valence-electron chi connectivity index (χ2n) is 3.06. The van der Waals surface area contributed by atoms with Gasteiger partial charge in [0.1, 0.15) is 11.6 Å². The van der Waals surface area contributed by atoms with Crippen LogP contribution in [-0.4, -0.2) is 18.9 Å². The second kappa shape index (κ2) is 8.01. The van der Waals surface area contributed by atoms with Gasteiger partial charge in [0, 0.05) is 6.42 Å². The molecule has 0 aromatic heterocycles. The number of carbonyl (C=O) groups is 1. The number of nitrogens with zero attached hydrogens (tertiary/aromatic N) is 1. The molecule has 0 radical (unpaired) electrons. The molecule has 0 saturated heterocycles. The largest absolute Gasteiger partial charge is 0.432 e. The van der Waals surface area contributed by atoms with Crippen molar-refractivity contribution >= 4 is 5.97 Å². The first kappa shape index (κ1) is 13.7. The molecule has 0 rings (SSSR count). The first-order valence-corrected chi connectivity index (χ1v) is 5.07. The normalized spacial score (nSPS) is 11.5. The van der Waals surface area contributed by atoms with Crippen molar-refractivity contribution in [3.8, 4) is 6.07 Å². The van der Waals surface area contributed by atoms with Gasteiger partial charge in [-0.15, -0.1) is 0 Å². The third-order valence-electron chi connectivity index (χ3n) is 1.75. The summed E-state index contributed by atoms with van der Waals surface area (Å²) >= 11 is 0. The van der Waals surface area contributed by atoms with E-state index in [2.05, 4.69) is 6.58 Å². The molecular formula is C11H17NO3. The van der Waals surface area contributed by atoms with Gasteiger partial charge < -0.3 is 9.47 Å². The van der Waals surface area contributed by atoms with Gasteiger partial charge in [-0.1, -0.05) is 26.8 Å². The molecule has 4 heteroatoms. The Balaban J connectivity index is 3.94. The minimum absolute atomic E-state index is 0.201. The molecule has 84 valence electrons. The minimum Gasteiger partial charge on any atom is -0.432 e. The third-order valence-corrected chi connectivity index (χ3v) is 1.75. The summed E-state index contributed by atoms with van der Waals surface area (Å²) in [6, 6.07) is 1.64. The van der Waals surface area contributed by atoms with Gasteiger partial charge in [-0.3, -0.25) is 0 Å². The summed E-state index contributed by atoms with van der Waals surface area (Å²) < 4.78 is 10.2. The minimum atomic E-state index is -0.708. The molecule has 0 spiro atoms. The number of unbranched alkanes of at least 4 members (excludes halogenated alkanes) is 1. The van der Waals surface area contributed by atoms with Crippen molar-refractivity contribution in [2.45, 2.75) is 39.4 Å². The van der Waals surface area contributed by atoms with Crippen molar-refractivity contribution in [2.24, 2.45) is 0 Å². The number of nitriles is 1. The highest BCUT2D eigenvalue weighted by Gasteiger charge is 2.14. The van der Waals surface area contributed by atoms with Gasteiger partial charge in [0.15, 0.2) is 0 Å². The van der Waals surface area contributed by atoms with E-state index in [9.17, 15) is 4.79 Å². The maximum Gasteiger partial charge on any atom is 0.350 e. The molecule has 0 bridgehead atoms. The Morgan fingerprint density at radius 1 is 1.53 bits per heavy atom. The van der Waals surface area contributed by atoms with Crippen LogP contribution in [0.2, 0.25) is 0 Å². The van der Waals surface area contributed by atoms with Crippen LogP contribution in [-0.2, 0) is 14.3 Å². The summed E-state index contributed by atoms with van der Waals surface area (Å²) in [6.07, 6.45) is 1.94. The molecule has 0 aliphatic heterocycles. The highest BCUT2D eigenvalue weighted by Crippen LogP contribution is 2.05. The average Bonchev–Trinajstić information content (AvgIpc) is 2.26. The van der Waals surface area contributed by atoms with Gasteiger partial charge in [-0.2, -0.15) is 5.26 Å². The Morgan fingerprint density at radius 2 is 2.20 bits per heavy atom. The fourth-order valence-corrected chi connectivity index (χ4v) is 0.830. The van der Waals surface area contributed by atoms with Crippen LogP contribution in [0, 0.1) is 11.3 Å². The number of hydrogen-bond acceptors (Lipinski definition) is 4. The van der Waals surface area contributed by atoms with Gasteiger partial charge in [0.2, 0.25) is 6.29 Å². The van der Waals surface area contributed by atoms with Crippen molar-refractivity contribution in [3.63, 3.8) is 0 Å². The SMILES string of the molecule is C=C(C#N)C(=O)OC(CC)OCCCC. The van der Waals surface area contributed by atoms with Crippen LogP contribution in [0.4, 0.5) is 0 Å². The highest BCUT2D eigenvalue weighted by molar-refractivity contribution is 5.91. The molecule has 0 saturated carbocycles. The zero-order chi connectivity index (χ0) is 11.7. The molecule has 0 heterocycles. The highest BCUT2D eigenvalue weighted by atomic mass is 16.7. The molecular weight excluding hydrogens is 194 g/mol. The van der Waals surface area contributed by atoms with E-state index in [0.29, 0.717) is 13.0 Å². The molecule has 0 N–H and O–H groups in total. The lowest BCUT2D eigenvalue weighted by Crippen LogP contribution is -2.21. The van der Waals surface area contributed by atoms with E-state index >= 15 is 0 Å². The summed E-state index contributed by atoms with van der Waals surface area (Å²) in [5, 5.41) is 8.41. The molecule has 4 nitrogen and oxygen atoms in total. The second-order valence-corrected chi connectivity index (χ2v) is 3.06. The fourth-order valence-electron chi connectivity index (χ4n) is 0.830. The summed E-state index contributed by atoms with van der Waals surface area (Å²) in [6.45, 7) is 7.72. The maximum atomic E-state index is 11.2. The molecule has 1 unspecified atom stereocenters. The summed E-state index contributed by atoms with van der Waals surface area (Å²) in [7, 11) is 0. The zero-order valence-corrected chi connectivity index (χ0v) is 9.28. The van der Waals surface area contributed by atoms with Crippen molar-refractivity contribution in [2.75, 3.05) is 6.61 Å². The van der Waals surface area contributed by atoms with Gasteiger partial charge in [0.05, 0.1) is 6.61 Å². The van der Waals surface area contributed by atoms with E-state index in [1.54, 1.807) is 6.07 Å². The van der Waals surface area contributed by atoms with Crippen LogP contribution in [0.25, 0.3) is 0 Å². The predicted molar refractivity (Wildman–Crippen MR) is 55.8 cm³/mol. The standard InChI is InChI=1S/C11H17NO3/c1-4-6-7-14-10(5-2)15-11(13)9(3)8-12/h10H,3-7H2,1-2H3. The molecule has 0 aliphatic rings. The van der Waals surface area contributed by atoms with Crippen LogP contribution >= 0.6 is 0 Å². The van der Waals surface area contributed by atoms with Gasteiger partial charge in [0.25, 0.3) is 0 Å². The summed E-state index contributed by atoms with van der Waals surface area (Å²) in [5.74, 6) is -0.708. The van der Waals surface area contributed by atoms with E-state index in [1.807, 2.05) is 13.8 Å². The molecule has 0 aromatic rings. The van der Waals surface area contributed by atoms with Gasteiger partial charge in [-0.05, 0) is 6.42 Å². The number of rotatable bonds is 7. The Labute approximate surface area is 90.5 Å². The Hall–Kier alpha value is -1.34. The lowest BCUT2D eigenvalue weighted by Gasteiger charge is -2.15. The topological polar surface area (TPSA) is 59.3 Å². The van der Waals surface area contributed by atoms with E-state index in [4.69, 9.17) is 14.7 Å².